The van der Waals surface area contributed by atoms with Crippen molar-refractivity contribution >= 4 is 22.6 Å². The molecule has 3 heterocycles. The van der Waals surface area contributed by atoms with Crippen LogP contribution in [-0.4, -0.2) is 32.5 Å². The quantitative estimate of drug-likeness (QED) is 0.630. The Bertz CT molecular complexity index is 1160. The van der Waals surface area contributed by atoms with Crippen molar-refractivity contribution in [2.24, 2.45) is 0 Å². The monoisotopic (exact) mass is 445 g/mol. The maximum absolute atomic E-state index is 13.3. The summed E-state index contributed by atoms with van der Waals surface area (Å²) in [6.45, 7) is 4.67. The normalized spacial score (nSPS) is 15.7. The number of amides is 1. The molecular weight excluding hydrogens is 423 g/mol. The molecule has 0 saturated carbocycles. The van der Waals surface area contributed by atoms with E-state index in [1.807, 2.05) is 13.8 Å². The number of carbonyl (C=O) groups is 1. The van der Waals surface area contributed by atoms with E-state index in [-0.39, 0.29) is 24.2 Å². The number of nitrogens with zero attached hydrogens (tertiary/aromatic N) is 4. The van der Waals surface area contributed by atoms with E-state index in [0.717, 1.165) is 22.6 Å². The summed E-state index contributed by atoms with van der Waals surface area (Å²) in [7, 11) is 0. The Balaban J connectivity index is 1.64. The minimum absolute atomic E-state index is 0.0497. The molecule has 168 valence electrons. The van der Waals surface area contributed by atoms with E-state index in [1.54, 1.807) is 23.1 Å². The Morgan fingerprint density at radius 3 is 2.69 bits per heavy atom. The van der Waals surface area contributed by atoms with Gasteiger partial charge in [0.2, 0.25) is 0 Å². The molecular formula is C22H22F3N5O2. The molecule has 2 aromatic heterocycles. The zero-order valence-electron chi connectivity index (χ0n) is 17.6. The number of hydrogen-bond acceptors (Lipinski definition) is 6. The average Bonchev–Trinajstić information content (AvgIpc) is 3.15. The number of ether oxygens (including phenoxy) is 1. The third-order valence-electron chi connectivity index (χ3n) is 5.44. The molecule has 10 heteroatoms. The second-order valence-electron chi connectivity index (χ2n) is 7.71. The Labute approximate surface area is 182 Å². The molecule has 0 unspecified atom stereocenters. The molecule has 0 aliphatic carbocycles. The van der Waals surface area contributed by atoms with E-state index in [2.05, 4.69) is 15.2 Å². The van der Waals surface area contributed by atoms with E-state index in [0.29, 0.717) is 36.5 Å². The standard InChI is InChI=1S/C22H22F3N5O2/c1-3-8-30(10-14-5-7-18(29-28-14)22(23,24)25)21(31)13-4-6-17-15(9-13)16-11-32-12(2)19(16)20(26)27-17/h4-7,9,12H,3,8,10-11H2,1-2H3,(H2,26,27)/t12-/m1/s1. The van der Waals surface area contributed by atoms with Gasteiger partial charge in [0.1, 0.15) is 5.82 Å². The van der Waals surface area contributed by atoms with Gasteiger partial charge in [-0.2, -0.15) is 18.3 Å². The molecule has 1 atom stereocenters. The molecule has 1 aliphatic rings. The summed E-state index contributed by atoms with van der Waals surface area (Å²) in [5.41, 5.74) is 8.17. The highest BCUT2D eigenvalue weighted by Gasteiger charge is 2.33. The fourth-order valence-electron chi connectivity index (χ4n) is 3.89. The van der Waals surface area contributed by atoms with Crippen LogP contribution in [0.4, 0.5) is 19.0 Å². The lowest BCUT2D eigenvalue weighted by Gasteiger charge is -2.22. The fraction of sp³-hybridized carbons (Fsp3) is 0.364. The van der Waals surface area contributed by atoms with Crippen LogP contribution in [0.3, 0.4) is 0 Å². The number of hydrogen-bond donors (Lipinski definition) is 1. The molecule has 2 N–H and O–H groups in total. The zero-order chi connectivity index (χ0) is 23.0. The Morgan fingerprint density at radius 1 is 1.25 bits per heavy atom. The van der Waals surface area contributed by atoms with Gasteiger partial charge in [-0.15, -0.1) is 5.10 Å². The molecule has 0 saturated heterocycles. The predicted molar refractivity (Wildman–Crippen MR) is 111 cm³/mol. The minimum atomic E-state index is -4.56. The van der Waals surface area contributed by atoms with E-state index in [9.17, 15) is 18.0 Å². The van der Waals surface area contributed by atoms with Gasteiger partial charge in [0, 0.05) is 23.1 Å². The van der Waals surface area contributed by atoms with E-state index < -0.39 is 11.9 Å². The molecule has 1 aromatic carbocycles. The number of nitrogens with two attached hydrogens (primary N) is 1. The second kappa shape index (κ2) is 8.34. The first-order chi connectivity index (χ1) is 15.2. The van der Waals surface area contributed by atoms with Crippen molar-refractivity contribution in [2.45, 2.75) is 45.7 Å². The van der Waals surface area contributed by atoms with Crippen molar-refractivity contribution in [3.05, 3.63) is 58.4 Å². The summed E-state index contributed by atoms with van der Waals surface area (Å²) in [5, 5.41) is 7.70. The predicted octanol–water partition coefficient (Wildman–Crippen LogP) is 4.27. The number of nitrogen functional groups attached to an aromatic ring is 1. The van der Waals surface area contributed by atoms with Crippen LogP contribution in [0.15, 0.2) is 30.3 Å². The minimum Gasteiger partial charge on any atom is -0.383 e. The van der Waals surface area contributed by atoms with Gasteiger partial charge in [-0.3, -0.25) is 4.79 Å². The lowest BCUT2D eigenvalue weighted by molar-refractivity contribution is -0.141. The largest absolute Gasteiger partial charge is 0.435 e. The summed E-state index contributed by atoms with van der Waals surface area (Å²) in [5.74, 6) is 0.165. The smallest absolute Gasteiger partial charge is 0.383 e. The van der Waals surface area contributed by atoms with Crippen LogP contribution in [-0.2, 0) is 24.1 Å². The molecule has 4 rings (SSSR count). The number of pyridine rings is 1. The van der Waals surface area contributed by atoms with Crippen molar-refractivity contribution in [2.75, 3.05) is 12.3 Å². The van der Waals surface area contributed by atoms with Gasteiger partial charge < -0.3 is 15.4 Å². The molecule has 0 spiro atoms. The highest BCUT2D eigenvalue weighted by Crippen LogP contribution is 2.38. The van der Waals surface area contributed by atoms with E-state index >= 15 is 0 Å². The molecule has 1 aliphatic heterocycles. The Kier molecular flexibility index (Phi) is 5.72. The van der Waals surface area contributed by atoms with Gasteiger partial charge in [0.15, 0.2) is 5.69 Å². The molecule has 0 fully saturated rings. The topological polar surface area (TPSA) is 94.2 Å². The van der Waals surface area contributed by atoms with Crippen LogP contribution in [0.25, 0.3) is 10.9 Å². The van der Waals surface area contributed by atoms with Crippen molar-refractivity contribution < 1.29 is 22.7 Å². The number of aromatic nitrogens is 3. The van der Waals surface area contributed by atoms with Crippen molar-refractivity contribution in [3.8, 4) is 0 Å². The van der Waals surface area contributed by atoms with Crippen LogP contribution in [0.1, 0.15) is 59.2 Å². The number of alkyl halides is 3. The first-order valence-electron chi connectivity index (χ1n) is 10.2. The van der Waals surface area contributed by atoms with Gasteiger partial charge in [0.25, 0.3) is 5.91 Å². The van der Waals surface area contributed by atoms with Crippen molar-refractivity contribution in [1.82, 2.24) is 20.1 Å². The maximum atomic E-state index is 13.3. The summed E-state index contributed by atoms with van der Waals surface area (Å²) in [6.07, 6.45) is -4.06. The maximum Gasteiger partial charge on any atom is 0.435 e. The van der Waals surface area contributed by atoms with Crippen LogP contribution in [0.2, 0.25) is 0 Å². The number of carbonyl (C=O) groups excluding carboxylic acids is 1. The highest BCUT2D eigenvalue weighted by molar-refractivity contribution is 5.99. The summed E-state index contributed by atoms with van der Waals surface area (Å²) in [6, 6.07) is 7.29. The molecule has 7 nitrogen and oxygen atoms in total. The van der Waals surface area contributed by atoms with Gasteiger partial charge in [-0.25, -0.2) is 4.98 Å². The summed E-state index contributed by atoms with van der Waals surface area (Å²) < 4.78 is 43.9. The van der Waals surface area contributed by atoms with Crippen molar-refractivity contribution in [3.63, 3.8) is 0 Å². The van der Waals surface area contributed by atoms with Gasteiger partial charge >= 0.3 is 6.18 Å². The number of fused-ring (bicyclic) bond motifs is 3. The van der Waals surface area contributed by atoms with Crippen LogP contribution in [0.5, 0.6) is 0 Å². The molecule has 3 aromatic rings. The first-order valence-corrected chi connectivity index (χ1v) is 10.2. The third-order valence-corrected chi connectivity index (χ3v) is 5.44. The zero-order valence-corrected chi connectivity index (χ0v) is 17.6. The van der Waals surface area contributed by atoms with E-state index in [1.165, 1.54) is 6.07 Å². The number of benzene rings is 1. The molecule has 32 heavy (non-hydrogen) atoms. The Morgan fingerprint density at radius 2 is 2.03 bits per heavy atom. The van der Waals surface area contributed by atoms with E-state index in [4.69, 9.17) is 10.5 Å². The number of halogens is 3. The molecule has 1 amide bonds. The number of anilines is 1. The average molecular weight is 445 g/mol. The van der Waals surface area contributed by atoms with Crippen LogP contribution in [0, 0.1) is 0 Å². The third kappa shape index (κ3) is 4.10. The summed E-state index contributed by atoms with van der Waals surface area (Å²) in [4.78, 5) is 19.2. The molecule has 0 radical (unpaired) electrons. The first kappa shape index (κ1) is 21.9. The molecule has 0 bridgehead atoms. The second-order valence-corrected chi connectivity index (χ2v) is 7.71. The van der Waals surface area contributed by atoms with Gasteiger partial charge in [-0.1, -0.05) is 6.92 Å². The van der Waals surface area contributed by atoms with Crippen LogP contribution >= 0.6 is 0 Å². The lowest BCUT2D eigenvalue weighted by atomic mass is 10.00. The Hall–Kier alpha value is -3.27. The highest BCUT2D eigenvalue weighted by atomic mass is 19.4. The van der Waals surface area contributed by atoms with Gasteiger partial charge in [-0.05, 0) is 49.2 Å². The van der Waals surface area contributed by atoms with Crippen LogP contribution < -0.4 is 5.73 Å². The number of rotatable bonds is 5. The fourth-order valence-corrected chi connectivity index (χ4v) is 3.89. The summed E-state index contributed by atoms with van der Waals surface area (Å²) >= 11 is 0. The SMILES string of the molecule is CCCN(Cc1ccc(C(F)(F)F)nn1)C(=O)c1ccc2nc(N)c3c(c2c1)CO[C@@H]3C. The van der Waals surface area contributed by atoms with Gasteiger partial charge in [0.05, 0.1) is 30.5 Å². The lowest BCUT2D eigenvalue weighted by Crippen LogP contribution is -2.31. The van der Waals surface area contributed by atoms with Crippen molar-refractivity contribution in [1.29, 1.82) is 0 Å².